The normalized spacial score (nSPS) is 8.89. The van der Waals surface area contributed by atoms with Crippen molar-refractivity contribution in [2.75, 3.05) is 5.43 Å². The molecule has 4 N–H and O–H groups in total. The van der Waals surface area contributed by atoms with Crippen LogP contribution in [0.2, 0.25) is 0 Å². The second kappa shape index (κ2) is 2.17. The molecule has 0 aliphatic carbocycles. The highest BCUT2D eigenvalue weighted by molar-refractivity contribution is 5.81. The molecule has 0 saturated carbocycles. The summed E-state index contributed by atoms with van der Waals surface area (Å²) in [6.45, 7) is 0. The van der Waals surface area contributed by atoms with Gasteiger partial charge in [-0.1, -0.05) is 0 Å². The molecule has 1 heterocycles. The third-order valence-corrected chi connectivity index (χ3v) is 0.739. The molecule has 1 aromatic heterocycles. The fourth-order valence-electron chi connectivity index (χ4n) is 0.458. The van der Waals surface area contributed by atoms with Gasteiger partial charge in [0, 0.05) is 6.20 Å². The van der Waals surface area contributed by atoms with E-state index in [-0.39, 0.29) is 5.96 Å². The molecule has 0 fully saturated rings. The zero-order chi connectivity index (χ0) is 6.69. The van der Waals surface area contributed by atoms with Crippen LogP contribution in [0.4, 0.5) is 0 Å². The monoisotopic (exact) mass is 125 g/mol. The maximum Gasteiger partial charge on any atom is 0.206 e. The smallest absolute Gasteiger partial charge is 0.206 e. The molecule has 0 aliphatic heterocycles. The molecule has 5 heteroatoms. The van der Waals surface area contributed by atoms with Crippen molar-refractivity contribution >= 4 is 5.96 Å². The zero-order valence-electron chi connectivity index (χ0n) is 4.70. The summed E-state index contributed by atoms with van der Waals surface area (Å²) in [5.74, 6) is -0.126. The maximum absolute atomic E-state index is 6.78. The molecular formula is C4H7N5. The molecular weight excluding hydrogens is 118 g/mol. The summed E-state index contributed by atoms with van der Waals surface area (Å²) >= 11 is 0. The van der Waals surface area contributed by atoms with Gasteiger partial charge in [0.05, 0.1) is 6.20 Å². The van der Waals surface area contributed by atoms with Crippen LogP contribution in [0.15, 0.2) is 18.5 Å². The van der Waals surface area contributed by atoms with Gasteiger partial charge < -0.3 is 5.73 Å². The lowest BCUT2D eigenvalue weighted by molar-refractivity contribution is 0.810. The summed E-state index contributed by atoms with van der Waals surface area (Å²) in [5, 5.41) is 10.5. The third-order valence-electron chi connectivity index (χ3n) is 0.739. The molecule has 0 aromatic carbocycles. The Labute approximate surface area is 51.9 Å². The lowest BCUT2D eigenvalue weighted by Crippen LogP contribution is -2.29. The van der Waals surface area contributed by atoms with Gasteiger partial charge in [0.15, 0.2) is 0 Å². The Morgan fingerprint density at radius 1 is 1.78 bits per heavy atom. The molecule has 0 saturated heterocycles. The predicted molar refractivity (Wildman–Crippen MR) is 33.5 cm³/mol. The second-order valence-corrected chi connectivity index (χ2v) is 1.48. The van der Waals surface area contributed by atoms with Gasteiger partial charge in [0.25, 0.3) is 0 Å². The van der Waals surface area contributed by atoms with Crippen molar-refractivity contribution < 1.29 is 0 Å². The number of nitrogens with one attached hydrogen (secondary N) is 2. The molecule has 0 atom stereocenters. The van der Waals surface area contributed by atoms with Gasteiger partial charge in [0.2, 0.25) is 5.96 Å². The molecule has 0 spiro atoms. The summed E-state index contributed by atoms with van der Waals surface area (Å²) in [5.41, 5.74) is 7.45. The van der Waals surface area contributed by atoms with E-state index in [1.54, 1.807) is 18.5 Å². The number of nitrogens with two attached hydrogens (primary N) is 1. The molecule has 0 aliphatic rings. The molecule has 0 unspecified atom stereocenters. The van der Waals surface area contributed by atoms with Crippen molar-refractivity contribution in [2.24, 2.45) is 5.73 Å². The number of guanidine groups is 1. The van der Waals surface area contributed by atoms with Crippen LogP contribution in [0.5, 0.6) is 0 Å². The van der Waals surface area contributed by atoms with Gasteiger partial charge in [-0.15, -0.1) is 0 Å². The first-order valence-corrected chi connectivity index (χ1v) is 2.40. The molecule has 0 amide bonds. The van der Waals surface area contributed by atoms with E-state index in [1.165, 1.54) is 4.79 Å². The predicted octanol–water partition coefficient (Wildman–Crippen LogP) is -0.680. The standard InChI is InChI=1S/C4H7N5/c5-4(6)8-9-3-1-2-7-9/h1-3H,(H4,5,6,8). The molecule has 48 valence electrons. The first-order valence-electron chi connectivity index (χ1n) is 2.40. The molecule has 0 radical (unpaired) electrons. The summed E-state index contributed by atoms with van der Waals surface area (Å²) in [6, 6.07) is 1.73. The third kappa shape index (κ3) is 1.45. The fraction of sp³-hybridized carbons (Fsp3) is 0. The van der Waals surface area contributed by atoms with E-state index in [1.807, 2.05) is 0 Å². The summed E-state index contributed by atoms with van der Waals surface area (Å²) in [7, 11) is 0. The van der Waals surface area contributed by atoms with Crippen molar-refractivity contribution in [3.63, 3.8) is 0 Å². The average Bonchev–Trinajstić information content (AvgIpc) is 2.15. The van der Waals surface area contributed by atoms with E-state index >= 15 is 0 Å². The Bertz CT molecular complexity index is 189. The van der Waals surface area contributed by atoms with Gasteiger partial charge in [-0.2, -0.15) is 9.89 Å². The van der Waals surface area contributed by atoms with Gasteiger partial charge in [-0.05, 0) is 6.07 Å². The number of rotatable bonds is 1. The molecule has 0 bridgehead atoms. The number of aromatic nitrogens is 2. The van der Waals surface area contributed by atoms with Crippen LogP contribution in [-0.4, -0.2) is 15.8 Å². The minimum Gasteiger partial charge on any atom is -0.369 e. The van der Waals surface area contributed by atoms with Crippen LogP contribution in [0.25, 0.3) is 0 Å². The van der Waals surface area contributed by atoms with Gasteiger partial charge in [-0.25, -0.2) is 5.43 Å². The van der Waals surface area contributed by atoms with E-state index in [4.69, 9.17) is 11.1 Å². The second-order valence-electron chi connectivity index (χ2n) is 1.48. The highest BCUT2D eigenvalue weighted by Crippen LogP contribution is 1.75. The van der Waals surface area contributed by atoms with Crippen LogP contribution < -0.4 is 11.2 Å². The van der Waals surface area contributed by atoms with E-state index in [0.717, 1.165) is 0 Å². The Kier molecular flexibility index (Phi) is 1.35. The van der Waals surface area contributed by atoms with Gasteiger partial charge in [0.1, 0.15) is 0 Å². The largest absolute Gasteiger partial charge is 0.369 e. The minimum atomic E-state index is -0.126. The van der Waals surface area contributed by atoms with Gasteiger partial charge >= 0.3 is 0 Å². The topological polar surface area (TPSA) is 79.7 Å². The summed E-state index contributed by atoms with van der Waals surface area (Å²) in [4.78, 5) is 1.35. The Morgan fingerprint density at radius 2 is 2.56 bits per heavy atom. The van der Waals surface area contributed by atoms with Crippen molar-refractivity contribution in [2.45, 2.75) is 0 Å². The van der Waals surface area contributed by atoms with Crippen LogP contribution >= 0.6 is 0 Å². The van der Waals surface area contributed by atoms with E-state index in [0.29, 0.717) is 0 Å². The number of nitrogens with zero attached hydrogens (tertiary/aromatic N) is 2. The molecule has 1 aromatic rings. The van der Waals surface area contributed by atoms with Crippen LogP contribution in [0, 0.1) is 5.41 Å². The van der Waals surface area contributed by atoms with Crippen molar-refractivity contribution in [3.8, 4) is 0 Å². The molecule has 1 rings (SSSR count). The minimum absolute atomic E-state index is 0.126. The molecule has 5 nitrogen and oxygen atoms in total. The zero-order valence-corrected chi connectivity index (χ0v) is 4.70. The SMILES string of the molecule is N=C(N)Nn1cccn1. The highest BCUT2D eigenvalue weighted by Gasteiger charge is 1.85. The van der Waals surface area contributed by atoms with Crippen LogP contribution in [-0.2, 0) is 0 Å². The van der Waals surface area contributed by atoms with Crippen molar-refractivity contribution in [1.29, 1.82) is 5.41 Å². The maximum atomic E-state index is 6.78. The molecule has 9 heavy (non-hydrogen) atoms. The van der Waals surface area contributed by atoms with Crippen LogP contribution in [0.1, 0.15) is 0 Å². The highest BCUT2D eigenvalue weighted by atomic mass is 15.6. The number of hydrogen-bond donors (Lipinski definition) is 3. The number of hydrogen-bond acceptors (Lipinski definition) is 2. The Morgan fingerprint density at radius 3 is 3.00 bits per heavy atom. The van der Waals surface area contributed by atoms with Gasteiger partial charge in [-0.3, -0.25) is 5.41 Å². The van der Waals surface area contributed by atoms with E-state index < -0.39 is 0 Å². The first-order chi connectivity index (χ1) is 4.29. The van der Waals surface area contributed by atoms with Crippen molar-refractivity contribution in [1.82, 2.24) is 9.89 Å². The van der Waals surface area contributed by atoms with E-state index in [2.05, 4.69) is 10.5 Å². The van der Waals surface area contributed by atoms with Crippen molar-refractivity contribution in [3.05, 3.63) is 18.5 Å². The van der Waals surface area contributed by atoms with E-state index in [9.17, 15) is 0 Å². The summed E-state index contributed by atoms with van der Waals surface area (Å²) in [6.07, 6.45) is 3.25. The van der Waals surface area contributed by atoms with Crippen LogP contribution in [0.3, 0.4) is 0 Å². The first kappa shape index (κ1) is 5.61. The fourth-order valence-corrected chi connectivity index (χ4v) is 0.458. The average molecular weight is 125 g/mol. The quantitative estimate of drug-likeness (QED) is 0.343. The summed E-state index contributed by atoms with van der Waals surface area (Å²) < 4.78 is 0. The lowest BCUT2D eigenvalue weighted by atomic mass is 10.8. The Hall–Kier alpha value is -1.52. The lowest BCUT2D eigenvalue weighted by Gasteiger charge is -1.99. The Balaban J connectivity index is 2.58.